The van der Waals surface area contributed by atoms with E-state index in [2.05, 4.69) is 32.2 Å². The smallest absolute Gasteiger partial charge is 0.388 e. The molecular formula is C14H24N8O4S. The first-order valence-electron chi connectivity index (χ1n) is 7.15. The molecule has 0 fully saturated rings. The summed E-state index contributed by atoms with van der Waals surface area (Å²) in [5.41, 5.74) is 9.99. The van der Waals surface area contributed by atoms with Crippen LogP contribution in [0.3, 0.4) is 0 Å². The molecule has 0 radical (unpaired) electrons. The third kappa shape index (κ3) is 18.7. The number of carbonyl (C=O) groups excluding carboxylic acids is 2. The van der Waals surface area contributed by atoms with Crippen molar-refractivity contribution in [2.75, 3.05) is 39.7 Å². The molecule has 13 heteroatoms. The minimum Gasteiger partial charge on any atom is -0.860 e. The molecule has 27 heavy (non-hydrogen) atoms. The molecule has 0 saturated carbocycles. The Labute approximate surface area is 160 Å². The van der Waals surface area contributed by atoms with Crippen LogP contribution < -0.4 is 27.1 Å². The van der Waals surface area contributed by atoms with Crippen molar-refractivity contribution in [1.82, 2.24) is 24.8 Å². The van der Waals surface area contributed by atoms with Crippen LogP contribution in [-0.2, 0) is 9.59 Å². The van der Waals surface area contributed by atoms with Crippen molar-refractivity contribution >= 4 is 36.8 Å². The third-order valence-electron chi connectivity index (χ3n) is 1.89. The Morgan fingerprint density at radius 3 is 1.89 bits per heavy atom. The van der Waals surface area contributed by atoms with Gasteiger partial charge in [0.15, 0.2) is 4.77 Å². The lowest BCUT2D eigenvalue weighted by atomic mass is 10.6. The van der Waals surface area contributed by atoms with Gasteiger partial charge in [0.05, 0.1) is 6.20 Å². The summed E-state index contributed by atoms with van der Waals surface area (Å²) in [5, 5.41) is 10.4. The van der Waals surface area contributed by atoms with Crippen molar-refractivity contribution in [3.63, 3.8) is 0 Å². The zero-order chi connectivity index (χ0) is 21.4. The molecule has 0 unspecified atom stereocenters. The SMILES string of the molecule is CN(C)C=O.CN(C)C=O.Nc1cc[nH+]c(N)n1.O=c1cc([O-])[nH]c(=S)[nH]1. The van der Waals surface area contributed by atoms with Crippen LogP contribution in [-0.4, -0.2) is 65.8 Å². The average Bonchev–Trinajstić information content (AvgIpc) is 2.55. The fourth-order valence-electron chi connectivity index (χ4n) is 0.867. The fraction of sp³-hybridized carbons (Fsp3) is 0.286. The van der Waals surface area contributed by atoms with E-state index in [-0.39, 0.29) is 4.77 Å². The van der Waals surface area contributed by atoms with Gasteiger partial charge < -0.3 is 25.6 Å². The first-order chi connectivity index (χ1) is 12.5. The largest absolute Gasteiger partial charge is 0.860 e. The van der Waals surface area contributed by atoms with Gasteiger partial charge in [0, 0.05) is 40.3 Å². The number of rotatable bonds is 2. The second kappa shape index (κ2) is 14.8. The Morgan fingerprint density at radius 2 is 1.63 bits per heavy atom. The van der Waals surface area contributed by atoms with Crippen molar-refractivity contribution in [3.05, 3.63) is 33.5 Å². The average molecular weight is 400 g/mol. The van der Waals surface area contributed by atoms with Crippen LogP contribution in [0, 0.1) is 4.77 Å². The summed E-state index contributed by atoms with van der Waals surface area (Å²) in [7, 11) is 6.75. The molecule has 2 rings (SSSR count). The highest BCUT2D eigenvalue weighted by molar-refractivity contribution is 7.71. The molecule has 2 amide bonds. The lowest BCUT2D eigenvalue weighted by Gasteiger charge is -2.00. The molecule has 2 aromatic heterocycles. The monoisotopic (exact) mass is 400 g/mol. The van der Waals surface area contributed by atoms with Crippen LogP contribution in [0.2, 0.25) is 0 Å². The summed E-state index contributed by atoms with van der Waals surface area (Å²) in [6, 6.07) is 2.53. The van der Waals surface area contributed by atoms with Gasteiger partial charge in [0.25, 0.3) is 5.56 Å². The number of amides is 2. The van der Waals surface area contributed by atoms with E-state index in [1.165, 1.54) is 9.80 Å². The van der Waals surface area contributed by atoms with Gasteiger partial charge in [0.2, 0.25) is 18.6 Å². The Morgan fingerprint density at radius 1 is 1.15 bits per heavy atom. The maximum Gasteiger partial charge on any atom is 0.388 e. The van der Waals surface area contributed by atoms with Crippen LogP contribution in [0.25, 0.3) is 0 Å². The van der Waals surface area contributed by atoms with Gasteiger partial charge in [-0.05, 0) is 18.1 Å². The molecule has 2 aromatic rings. The van der Waals surface area contributed by atoms with Gasteiger partial charge in [-0.25, -0.2) is 4.98 Å². The van der Waals surface area contributed by atoms with Crippen molar-refractivity contribution in [2.24, 2.45) is 0 Å². The van der Waals surface area contributed by atoms with E-state index in [0.717, 1.165) is 18.9 Å². The molecular weight excluding hydrogens is 376 g/mol. The normalized spacial score (nSPS) is 8.30. The molecule has 0 aliphatic carbocycles. The quantitative estimate of drug-likeness (QED) is 0.327. The lowest BCUT2D eigenvalue weighted by Crippen LogP contribution is -2.12. The molecule has 7 N–H and O–H groups in total. The fourth-order valence-corrected chi connectivity index (χ4v) is 1.07. The second-order valence-corrected chi connectivity index (χ2v) is 5.40. The third-order valence-corrected chi connectivity index (χ3v) is 2.10. The molecule has 0 aromatic carbocycles. The number of nitrogens with one attached hydrogen (secondary N) is 3. The molecule has 0 aliphatic rings. The summed E-state index contributed by atoms with van der Waals surface area (Å²) in [5.74, 6) is 0.301. The molecule has 0 atom stereocenters. The van der Waals surface area contributed by atoms with E-state index in [1.54, 1.807) is 40.5 Å². The first-order valence-corrected chi connectivity index (χ1v) is 7.56. The Balaban J connectivity index is 0. The van der Waals surface area contributed by atoms with Gasteiger partial charge in [0.1, 0.15) is 0 Å². The molecule has 12 nitrogen and oxygen atoms in total. The van der Waals surface area contributed by atoms with Crippen LogP contribution >= 0.6 is 12.2 Å². The number of H-pyrrole nitrogens is 3. The van der Waals surface area contributed by atoms with E-state index >= 15 is 0 Å². The van der Waals surface area contributed by atoms with Gasteiger partial charge in [-0.15, -0.1) is 0 Å². The number of hydrogen-bond donors (Lipinski definition) is 4. The number of nitrogen functional groups attached to an aromatic ring is 2. The van der Waals surface area contributed by atoms with Crippen molar-refractivity contribution in [3.8, 4) is 5.88 Å². The summed E-state index contributed by atoms with van der Waals surface area (Å²) < 4.78 is 0.0625. The van der Waals surface area contributed by atoms with Crippen molar-refractivity contribution in [2.45, 2.75) is 0 Å². The lowest BCUT2D eigenvalue weighted by molar-refractivity contribution is -0.364. The summed E-state index contributed by atoms with van der Waals surface area (Å²) >= 11 is 4.48. The Hall–Kier alpha value is -3.48. The maximum absolute atomic E-state index is 10.4. The molecule has 2 heterocycles. The predicted molar refractivity (Wildman–Crippen MR) is 101 cm³/mol. The van der Waals surface area contributed by atoms with Gasteiger partial charge in [-0.3, -0.25) is 25.1 Å². The summed E-state index contributed by atoms with van der Waals surface area (Å²) in [4.78, 5) is 42.9. The number of hydrogen-bond acceptors (Lipinski definition) is 8. The predicted octanol–water partition coefficient (Wildman–Crippen LogP) is -2.03. The van der Waals surface area contributed by atoms with E-state index in [4.69, 9.17) is 11.5 Å². The zero-order valence-corrected chi connectivity index (χ0v) is 16.2. The maximum atomic E-state index is 10.4. The Kier molecular flexibility index (Phi) is 14.1. The molecule has 0 bridgehead atoms. The number of aromatic amines is 3. The van der Waals surface area contributed by atoms with Crippen LogP contribution in [0.15, 0.2) is 23.1 Å². The topological polar surface area (TPSA) is 191 Å². The van der Waals surface area contributed by atoms with E-state index in [1.807, 2.05) is 0 Å². The minimum atomic E-state index is -0.469. The molecule has 150 valence electrons. The second-order valence-electron chi connectivity index (χ2n) is 4.99. The zero-order valence-electron chi connectivity index (χ0n) is 15.4. The summed E-state index contributed by atoms with van der Waals surface area (Å²) in [6.07, 6.45) is 3.14. The van der Waals surface area contributed by atoms with Crippen LogP contribution in [0.5, 0.6) is 5.88 Å². The number of nitrogens with two attached hydrogens (primary N) is 2. The highest BCUT2D eigenvalue weighted by Gasteiger charge is 1.93. The van der Waals surface area contributed by atoms with Gasteiger partial charge >= 0.3 is 5.95 Å². The first kappa shape index (κ1) is 25.8. The number of aromatic nitrogens is 4. The van der Waals surface area contributed by atoms with Crippen molar-refractivity contribution in [1.29, 1.82) is 0 Å². The number of carbonyl (C=O) groups is 2. The highest BCUT2D eigenvalue weighted by atomic mass is 32.1. The summed E-state index contributed by atoms with van der Waals surface area (Å²) in [6.45, 7) is 0. The van der Waals surface area contributed by atoms with Gasteiger partial charge in [-0.2, -0.15) is 0 Å². The minimum absolute atomic E-state index is 0.0625. The number of anilines is 2. The van der Waals surface area contributed by atoms with Crippen LogP contribution in [0.1, 0.15) is 0 Å². The molecule has 0 saturated heterocycles. The Bertz CT molecular complexity index is 733. The standard InChI is InChI=1S/C4H6N4.C4H4N2O2S.2C3H7NO/c5-3-1-2-7-4(6)8-3;7-2-1-3(8)6-4(9)5-2;2*1-4(2)3-5/h1-2H,(H4,5,6,7,8);1H,(H3,5,6,7,8,9);2*3H,1-2H3. The number of nitrogens with zero attached hydrogens (tertiary/aromatic N) is 3. The van der Waals surface area contributed by atoms with E-state index in [9.17, 15) is 19.5 Å². The highest BCUT2D eigenvalue weighted by Crippen LogP contribution is 1.90. The van der Waals surface area contributed by atoms with Crippen LogP contribution in [0.4, 0.5) is 11.8 Å². The molecule has 0 spiro atoms. The molecule has 0 aliphatic heterocycles. The van der Waals surface area contributed by atoms with Crippen molar-refractivity contribution < 1.29 is 19.7 Å². The van der Waals surface area contributed by atoms with Gasteiger partial charge in [-0.1, -0.05) is 4.98 Å². The van der Waals surface area contributed by atoms with E-state index in [0.29, 0.717) is 11.8 Å². The van der Waals surface area contributed by atoms with E-state index < -0.39 is 11.4 Å².